The van der Waals surface area contributed by atoms with Crippen molar-refractivity contribution in [1.29, 1.82) is 0 Å². The molecule has 2 heterocycles. The molecule has 4 rings (SSSR count). The van der Waals surface area contributed by atoms with Crippen molar-refractivity contribution < 1.29 is 14.3 Å². The van der Waals surface area contributed by atoms with Gasteiger partial charge in [-0.25, -0.2) is 4.79 Å². The Morgan fingerprint density at radius 3 is 2.52 bits per heavy atom. The highest BCUT2D eigenvalue weighted by atomic mass is 16.5. The van der Waals surface area contributed by atoms with Gasteiger partial charge < -0.3 is 15.0 Å². The highest BCUT2D eigenvalue weighted by molar-refractivity contribution is 6.11. The second kappa shape index (κ2) is 10.5. The zero-order chi connectivity index (χ0) is 23.2. The lowest BCUT2D eigenvalue weighted by molar-refractivity contribution is -0.117. The van der Waals surface area contributed by atoms with E-state index in [1.165, 1.54) is 12.7 Å². The number of fused-ring (bicyclic) bond motifs is 1. The summed E-state index contributed by atoms with van der Waals surface area (Å²) < 4.78 is 4.90. The van der Waals surface area contributed by atoms with Crippen molar-refractivity contribution in [2.24, 2.45) is 0 Å². The Kier molecular flexibility index (Phi) is 7.22. The molecule has 0 atom stereocenters. The van der Waals surface area contributed by atoms with E-state index in [4.69, 9.17) is 4.74 Å². The van der Waals surface area contributed by atoms with Gasteiger partial charge >= 0.3 is 5.97 Å². The number of carbonyl (C=O) groups excluding carboxylic acids is 2. The molecule has 7 heteroatoms. The maximum Gasteiger partial charge on any atom is 0.356 e. The summed E-state index contributed by atoms with van der Waals surface area (Å²) in [4.78, 5) is 32.7. The van der Waals surface area contributed by atoms with Gasteiger partial charge in [-0.3, -0.25) is 14.6 Å². The number of aromatic nitrogens is 1. The molecular weight excluding hydrogens is 416 g/mol. The van der Waals surface area contributed by atoms with Crippen LogP contribution in [0.15, 0.2) is 54.6 Å². The number of aryl methyl sites for hydroxylation is 1. The average molecular weight is 447 g/mol. The molecule has 0 aliphatic carbocycles. The summed E-state index contributed by atoms with van der Waals surface area (Å²) in [5.41, 5.74) is 3.78. The van der Waals surface area contributed by atoms with Gasteiger partial charge in [0.15, 0.2) is 0 Å². The lowest BCUT2D eigenvalue weighted by atomic mass is 10.1. The average Bonchev–Trinajstić information content (AvgIpc) is 3.17. The predicted molar refractivity (Wildman–Crippen MR) is 131 cm³/mol. The minimum absolute atomic E-state index is 0.139. The maximum atomic E-state index is 12.8. The minimum atomic E-state index is -0.503. The van der Waals surface area contributed by atoms with Crippen LogP contribution in [0.4, 0.5) is 5.69 Å². The van der Waals surface area contributed by atoms with Gasteiger partial charge in [0.2, 0.25) is 5.91 Å². The number of rotatable bonds is 7. The number of esters is 1. The summed E-state index contributed by atoms with van der Waals surface area (Å²) in [6.07, 6.45) is 4.33. The van der Waals surface area contributed by atoms with E-state index in [9.17, 15) is 9.59 Å². The predicted octanol–water partition coefficient (Wildman–Crippen LogP) is 3.53. The molecule has 172 valence electrons. The molecule has 0 unspecified atom stereocenters. The summed E-state index contributed by atoms with van der Waals surface area (Å²) in [5.74, 6) is -0.642. The van der Waals surface area contributed by atoms with E-state index in [2.05, 4.69) is 44.4 Å². The number of anilines is 1. The largest absolute Gasteiger partial charge is 0.464 e. The number of carbonyl (C=O) groups is 2. The van der Waals surface area contributed by atoms with E-state index in [1.807, 2.05) is 43.3 Å². The minimum Gasteiger partial charge on any atom is -0.464 e. The summed E-state index contributed by atoms with van der Waals surface area (Å²) >= 11 is 0. The first-order chi connectivity index (χ1) is 16.0. The smallest absolute Gasteiger partial charge is 0.356 e. The Labute approximate surface area is 194 Å². The molecule has 0 spiro atoms. The number of H-pyrrole nitrogens is 1. The molecule has 3 aromatic rings. The van der Waals surface area contributed by atoms with Crippen LogP contribution in [0.25, 0.3) is 17.0 Å². The van der Waals surface area contributed by atoms with Crippen LogP contribution in [0.1, 0.15) is 21.6 Å². The third-order valence-corrected chi connectivity index (χ3v) is 5.91. The van der Waals surface area contributed by atoms with Crippen molar-refractivity contribution in [2.75, 3.05) is 51.7 Å². The molecule has 1 amide bonds. The lowest BCUT2D eigenvalue weighted by Gasteiger charge is -2.33. The Bertz CT molecular complexity index is 1150. The first-order valence-corrected chi connectivity index (χ1v) is 11.2. The quantitative estimate of drug-likeness (QED) is 0.543. The van der Waals surface area contributed by atoms with Crippen molar-refractivity contribution >= 4 is 34.5 Å². The Morgan fingerprint density at radius 2 is 1.79 bits per heavy atom. The van der Waals surface area contributed by atoms with Gasteiger partial charge in [0, 0.05) is 43.6 Å². The van der Waals surface area contributed by atoms with Crippen molar-refractivity contribution in [3.05, 3.63) is 71.4 Å². The van der Waals surface area contributed by atoms with Gasteiger partial charge in [-0.2, -0.15) is 0 Å². The molecule has 0 saturated carbocycles. The molecule has 7 nitrogen and oxygen atoms in total. The number of amides is 1. The monoisotopic (exact) mass is 446 g/mol. The molecule has 2 aromatic carbocycles. The summed E-state index contributed by atoms with van der Waals surface area (Å²) in [6.45, 7) is 6.62. The number of methoxy groups -OCH3 is 1. The van der Waals surface area contributed by atoms with Crippen molar-refractivity contribution in [3.8, 4) is 0 Å². The standard InChI is InChI=1S/C26H30N4O3/c1-19-10-11-22-21(17-19)24(25(27-22)26(32)33-2)28-23(31)18-30-15-13-29(14-16-30)12-6-9-20-7-4-3-5-8-20/h3-11,17,27H,12-16,18H2,1-2H3,(H,28,31). The van der Waals surface area contributed by atoms with Gasteiger partial charge in [0.1, 0.15) is 5.69 Å². The Balaban J connectivity index is 1.33. The van der Waals surface area contributed by atoms with E-state index < -0.39 is 5.97 Å². The van der Waals surface area contributed by atoms with Crippen molar-refractivity contribution in [3.63, 3.8) is 0 Å². The van der Waals surface area contributed by atoms with Crippen LogP contribution in [0.3, 0.4) is 0 Å². The van der Waals surface area contributed by atoms with Gasteiger partial charge in [0.25, 0.3) is 0 Å². The summed E-state index contributed by atoms with van der Waals surface area (Å²) in [6, 6.07) is 16.1. The van der Waals surface area contributed by atoms with Crippen molar-refractivity contribution in [1.82, 2.24) is 14.8 Å². The van der Waals surface area contributed by atoms with Crippen LogP contribution in [0.5, 0.6) is 0 Å². The molecule has 0 bridgehead atoms. The molecule has 33 heavy (non-hydrogen) atoms. The van der Waals surface area contributed by atoms with Crippen LogP contribution in [-0.2, 0) is 9.53 Å². The van der Waals surface area contributed by atoms with Gasteiger partial charge in [-0.05, 0) is 24.6 Å². The van der Waals surface area contributed by atoms with Gasteiger partial charge in [-0.15, -0.1) is 0 Å². The maximum absolute atomic E-state index is 12.8. The Morgan fingerprint density at radius 1 is 1.06 bits per heavy atom. The second-order valence-electron chi connectivity index (χ2n) is 8.35. The van der Waals surface area contributed by atoms with Crippen LogP contribution in [0, 0.1) is 6.92 Å². The highest BCUT2D eigenvalue weighted by Crippen LogP contribution is 2.29. The third-order valence-electron chi connectivity index (χ3n) is 5.91. The number of nitrogens with zero attached hydrogens (tertiary/aromatic N) is 2. The first kappa shape index (κ1) is 22.8. The Hall–Kier alpha value is -3.42. The number of aromatic amines is 1. The van der Waals surface area contributed by atoms with E-state index in [1.54, 1.807) is 0 Å². The summed E-state index contributed by atoms with van der Waals surface area (Å²) in [5, 5.41) is 3.75. The SMILES string of the molecule is COC(=O)c1[nH]c2ccc(C)cc2c1NC(=O)CN1CCN(CC=Cc2ccccc2)CC1. The topological polar surface area (TPSA) is 77.7 Å². The van der Waals surface area contributed by atoms with Crippen LogP contribution >= 0.6 is 0 Å². The molecule has 1 aromatic heterocycles. The number of hydrogen-bond donors (Lipinski definition) is 2. The number of nitrogens with one attached hydrogen (secondary N) is 2. The number of hydrogen-bond acceptors (Lipinski definition) is 5. The van der Waals surface area contributed by atoms with E-state index >= 15 is 0 Å². The number of ether oxygens (including phenoxy) is 1. The second-order valence-corrected chi connectivity index (χ2v) is 8.35. The zero-order valence-corrected chi connectivity index (χ0v) is 19.1. The molecule has 0 radical (unpaired) electrons. The molecule has 1 saturated heterocycles. The van der Waals surface area contributed by atoms with E-state index in [0.29, 0.717) is 5.69 Å². The van der Waals surface area contributed by atoms with Crippen LogP contribution < -0.4 is 5.32 Å². The van der Waals surface area contributed by atoms with Gasteiger partial charge in [-0.1, -0.05) is 54.1 Å². The molecule has 1 aliphatic rings. The molecular formula is C26H30N4O3. The fraction of sp³-hybridized carbons (Fsp3) is 0.308. The fourth-order valence-corrected chi connectivity index (χ4v) is 4.10. The van der Waals surface area contributed by atoms with Gasteiger partial charge in [0.05, 0.1) is 19.3 Å². The number of benzene rings is 2. The first-order valence-electron chi connectivity index (χ1n) is 11.2. The lowest BCUT2D eigenvalue weighted by Crippen LogP contribution is -2.48. The highest BCUT2D eigenvalue weighted by Gasteiger charge is 2.23. The third kappa shape index (κ3) is 5.69. The molecule has 1 aliphatic heterocycles. The zero-order valence-electron chi connectivity index (χ0n) is 19.1. The van der Waals surface area contributed by atoms with E-state index in [-0.39, 0.29) is 18.1 Å². The number of piperazine rings is 1. The van der Waals surface area contributed by atoms with Crippen molar-refractivity contribution in [2.45, 2.75) is 6.92 Å². The fourth-order valence-electron chi connectivity index (χ4n) is 4.10. The van der Waals surface area contributed by atoms with Crippen LogP contribution in [0.2, 0.25) is 0 Å². The molecule has 1 fully saturated rings. The summed E-state index contributed by atoms with van der Waals surface area (Å²) in [7, 11) is 1.33. The van der Waals surface area contributed by atoms with E-state index in [0.717, 1.165) is 49.2 Å². The van der Waals surface area contributed by atoms with Crippen LogP contribution in [-0.4, -0.2) is 73.0 Å². The molecule has 2 N–H and O–H groups in total. The normalized spacial score (nSPS) is 15.2.